The standard InChI is InChI=1S/C42H67N2O11PS/c1-4-54-41(49)22-29-56(50,55-35-17-6-5-7-18-35)42(32(2)3)44-39(47)21-20-34(46)16-11-13-24-52-26-28-53-27-25-51-23-12-10-15-33(45)14-8-9-19-38-36-30-40(48)43-37(36)31-57-38/h5-7,17-18,32,36-38,42H,4,8-16,19-31H2,1-3H3,(H,43,48)(H,44,47)/t36-,37-,38?,42+,56?/m0/s1. The zero-order chi connectivity index (χ0) is 41.3. The van der Waals surface area contributed by atoms with Gasteiger partial charge in [-0.25, -0.2) is 0 Å². The minimum atomic E-state index is -3.61. The van der Waals surface area contributed by atoms with Gasteiger partial charge in [-0.3, -0.25) is 28.5 Å². The molecule has 2 aliphatic heterocycles. The maximum Gasteiger partial charge on any atom is 0.306 e. The Kier molecular flexibility index (Phi) is 23.7. The van der Waals surface area contributed by atoms with E-state index in [-0.39, 0.29) is 49.6 Å². The highest BCUT2D eigenvalue weighted by Gasteiger charge is 2.43. The van der Waals surface area contributed by atoms with Crippen molar-refractivity contribution in [2.75, 3.05) is 58.2 Å². The number of fused-ring (bicyclic) bond motifs is 1. The van der Waals surface area contributed by atoms with Crippen molar-refractivity contribution in [1.29, 1.82) is 0 Å². The number of para-hydroxylation sites is 1. The van der Waals surface area contributed by atoms with Crippen LogP contribution in [0, 0.1) is 11.8 Å². The fourth-order valence-electron chi connectivity index (χ4n) is 7.04. The molecule has 3 rings (SSSR count). The first-order valence-electron chi connectivity index (χ1n) is 21.0. The van der Waals surface area contributed by atoms with Gasteiger partial charge in [0.25, 0.3) is 7.37 Å². The molecule has 0 bridgehead atoms. The quantitative estimate of drug-likeness (QED) is 0.0428. The van der Waals surface area contributed by atoms with Gasteiger partial charge in [-0.15, -0.1) is 0 Å². The number of carbonyl (C=O) groups is 5. The van der Waals surface area contributed by atoms with E-state index in [1.807, 2.05) is 31.7 Å². The van der Waals surface area contributed by atoms with Crippen molar-refractivity contribution >= 4 is 48.5 Å². The number of thioether (sulfide) groups is 1. The van der Waals surface area contributed by atoms with E-state index in [2.05, 4.69) is 10.6 Å². The fourth-order valence-corrected chi connectivity index (χ4v) is 11.4. The molecular weight excluding hydrogens is 772 g/mol. The Bertz CT molecular complexity index is 1420. The highest BCUT2D eigenvalue weighted by Crippen LogP contribution is 2.53. The number of esters is 1. The number of Topliss-reactive ketones (excluding diaryl/α,β-unsaturated/α-hetero) is 2. The Morgan fingerprint density at radius 2 is 1.40 bits per heavy atom. The Labute approximate surface area is 344 Å². The SMILES string of the molecule is CCOC(=O)CCP(=O)(Oc1ccccc1)[C@@H](NC(=O)CCC(=O)CCCCOCCOCCOCCCCC(=O)CCCCC1SC[C@@H]2NC(=O)C[C@H]12)C(C)C. The van der Waals surface area contributed by atoms with Crippen LogP contribution in [0.5, 0.6) is 5.75 Å². The lowest BCUT2D eigenvalue weighted by atomic mass is 9.94. The van der Waals surface area contributed by atoms with Crippen LogP contribution in [0.4, 0.5) is 0 Å². The molecule has 13 nitrogen and oxygen atoms in total. The van der Waals surface area contributed by atoms with Gasteiger partial charge in [0.05, 0.1) is 39.5 Å². The van der Waals surface area contributed by atoms with Gasteiger partial charge < -0.3 is 34.1 Å². The number of benzene rings is 1. The van der Waals surface area contributed by atoms with E-state index in [0.29, 0.717) is 107 Å². The molecule has 0 radical (unpaired) electrons. The molecule has 1 aromatic rings. The van der Waals surface area contributed by atoms with E-state index in [4.69, 9.17) is 23.5 Å². The molecule has 5 atom stereocenters. The first-order valence-corrected chi connectivity index (χ1v) is 23.9. The highest BCUT2D eigenvalue weighted by atomic mass is 32.2. The largest absolute Gasteiger partial charge is 0.466 e. The molecular formula is C42H67N2O11PS. The summed E-state index contributed by atoms with van der Waals surface area (Å²) in [6.07, 6.45) is 8.17. The molecule has 2 amide bonds. The summed E-state index contributed by atoms with van der Waals surface area (Å²) in [5, 5.41) is 6.46. The number of nitrogens with one attached hydrogen (secondary N) is 2. The molecule has 15 heteroatoms. The van der Waals surface area contributed by atoms with E-state index in [1.54, 1.807) is 31.2 Å². The normalized spacial score (nSPS) is 19.1. The summed E-state index contributed by atoms with van der Waals surface area (Å²) in [6, 6.07) is 9.02. The topological polar surface area (TPSA) is 173 Å². The van der Waals surface area contributed by atoms with Crippen molar-refractivity contribution in [3.8, 4) is 5.75 Å². The van der Waals surface area contributed by atoms with E-state index >= 15 is 0 Å². The molecule has 2 heterocycles. The molecule has 2 fully saturated rings. The predicted molar refractivity (Wildman–Crippen MR) is 222 cm³/mol. The third kappa shape index (κ3) is 19.7. The Morgan fingerprint density at radius 1 is 0.807 bits per heavy atom. The van der Waals surface area contributed by atoms with Crippen molar-refractivity contribution in [2.24, 2.45) is 11.8 Å². The second-order valence-corrected chi connectivity index (χ2v) is 19.1. The van der Waals surface area contributed by atoms with Gasteiger partial charge in [-0.2, -0.15) is 11.8 Å². The molecule has 322 valence electrons. The summed E-state index contributed by atoms with van der Waals surface area (Å²) >= 11 is 1.97. The molecule has 1 aromatic carbocycles. The number of rotatable bonds is 33. The summed E-state index contributed by atoms with van der Waals surface area (Å²) < 4.78 is 42.0. The maximum atomic E-state index is 14.2. The smallest absolute Gasteiger partial charge is 0.306 e. The Balaban J connectivity index is 1.13. The van der Waals surface area contributed by atoms with Gasteiger partial charge in [-0.05, 0) is 63.5 Å². The van der Waals surface area contributed by atoms with E-state index in [9.17, 15) is 28.5 Å². The van der Waals surface area contributed by atoms with Gasteiger partial charge in [0, 0.05) is 80.9 Å². The lowest BCUT2D eigenvalue weighted by Crippen LogP contribution is -2.40. The van der Waals surface area contributed by atoms with Crippen molar-refractivity contribution in [3.05, 3.63) is 30.3 Å². The molecule has 2 unspecified atom stereocenters. The molecule has 57 heavy (non-hydrogen) atoms. The van der Waals surface area contributed by atoms with E-state index in [1.165, 1.54) is 0 Å². The van der Waals surface area contributed by atoms with E-state index < -0.39 is 25.0 Å². The molecule has 0 aromatic heterocycles. The number of unbranched alkanes of at least 4 members (excludes halogenated alkanes) is 3. The molecule has 2 aliphatic rings. The van der Waals surface area contributed by atoms with Crippen molar-refractivity contribution < 1.29 is 52.0 Å². The van der Waals surface area contributed by atoms with Crippen molar-refractivity contribution in [3.63, 3.8) is 0 Å². The molecule has 2 N–H and O–H groups in total. The minimum Gasteiger partial charge on any atom is -0.466 e. The van der Waals surface area contributed by atoms with Crippen LogP contribution in [0.2, 0.25) is 0 Å². The summed E-state index contributed by atoms with van der Waals surface area (Å²) in [4.78, 5) is 61.4. The monoisotopic (exact) mass is 838 g/mol. The number of amides is 2. The summed E-state index contributed by atoms with van der Waals surface area (Å²) in [6.45, 7) is 8.53. The minimum absolute atomic E-state index is 0.0303. The van der Waals surface area contributed by atoms with Crippen molar-refractivity contribution in [1.82, 2.24) is 10.6 Å². The van der Waals surface area contributed by atoms with Crippen LogP contribution < -0.4 is 15.2 Å². The fraction of sp³-hybridized carbons (Fsp3) is 0.738. The van der Waals surface area contributed by atoms with Crippen molar-refractivity contribution in [2.45, 2.75) is 128 Å². The molecule has 0 aliphatic carbocycles. The zero-order valence-corrected chi connectivity index (χ0v) is 36.1. The molecule has 2 saturated heterocycles. The summed E-state index contributed by atoms with van der Waals surface area (Å²) in [7, 11) is -3.61. The molecule has 0 saturated carbocycles. The Morgan fingerprint density at radius 3 is 2.02 bits per heavy atom. The zero-order valence-electron chi connectivity index (χ0n) is 34.4. The number of carbonyl (C=O) groups excluding carboxylic acids is 5. The lowest BCUT2D eigenvalue weighted by Gasteiger charge is -2.31. The number of ether oxygens (including phenoxy) is 4. The van der Waals surface area contributed by atoms with Crippen LogP contribution in [0.25, 0.3) is 0 Å². The summed E-state index contributed by atoms with van der Waals surface area (Å²) in [5.41, 5.74) is 0. The second-order valence-electron chi connectivity index (χ2n) is 15.2. The van der Waals surface area contributed by atoms with Crippen LogP contribution in [0.3, 0.4) is 0 Å². The number of ketones is 2. The summed E-state index contributed by atoms with van der Waals surface area (Å²) in [5.74, 6) is 0.368. The van der Waals surface area contributed by atoms with Crippen LogP contribution in [0.1, 0.15) is 111 Å². The molecule has 0 spiro atoms. The maximum absolute atomic E-state index is 14.2. The number of hydrogen-bond acceptors (Lipinski definition) is 12. The van der Waals surface area contributed by atoms with Crippen LogP contribution >= 0.6 is 19.1 Å². The van der Waals surface area contributed by atoms with Crippen LogP contribution in [0.15, 0.2) is 30.3 Å². The van der Waals surface area contributed by atoms with Gasteiger partial charge in [0.2, 0.25) is 11.8 Å². The Hall–Kier alpha value is -2.77. The first-order chi connectivity index (χ1) is 27.5. The van der Waals surface area contributed by atoms with Crippen LogP contribution in [-0.2, 0) is 47.5 Å². The first kappa shape index (κ1) is 48.6. The van der Waals surface area contributed by atoms with E-state index in [0.717, 1.165) is 37.9 Å². The average Bonchev–Trinajstić information content (AvgIpc) is 3.74. The van der Waals surface area contributed by atoms with Gasteiger partial charge >= 0.3 is 5.97 Å². The number of hydrogen-bond donors (Lipinski definition) is 2. The van der Waals surface area contributed by atoms with Crippen LogP contribution in [-0.4, -0.2) is 105 Å². The third-order valence-electron chi connectivity index (χ3n) is 10.1. The second kappa shape index (κ2) is 27.8. The highest BCUT2D eigenvalue weighted by molar-refractivity contribution is 8.00. The predicted octanol–water partition coefficient (Wildman–Crippen LogP) is 6.88. The van der Waals surface area contributed by atoms with Gasteiger partial charge in [0.15, 0.2) is 0 Å². The van der Waals surface area contributed by atoms with Gasteiger partial charge in [-0.1, -0.05) is 38.5 Å². The van der Waals surface area contributed by atoms with Gasteiger partial charge in [0.1, 0.15) is 23.1 Å². The lowest BCUT2D eigenvalue weighted by molar-refractivity contribution is -0.142. The third-order valence-corrected chi connectivity index (χ3v) is 14.6. The average molecular weight is 839 g/mol.